The summed E-state index contributed by atoms with van der Waals surface area (Å²) in [6.07, 6.45) is 1.57. The number of rotatable bonds is 5. The average molecular weight is 474 g/mol. The van der Waals surface area contributed by atoms with E-state index in [1.165, 1.54) is 10.6 Å². The van der Waals surface area contributed by atoms with Crippen LogP contribution in [0.4, 0.5) is 10.1 Å². The zero-order valence-electron chi connectivity index (χ0n) is 19.2. The number of hydrogen-bond donors (Lipinski definition) is 0. The van der Waals surface area contributed by atoms with Gasteiger partial charge in [0.15, 0.2) is 0 Å². The summed E-state index contributed by atoms with van der Waals surface area (Å²) < 4.78 is 20.8. The van der Waals surface area contributed by atoms with Gasteiger partial charge in [0, 0.05) is 37.9 Å². The molecule has 0 aliphatic carbocycles. The molecular weight excluding hydrogens is 449 g/mol. The third-order valence-corrected chi connectivity index (χ3v) is 6.12. The Morgan fingerprint density at radius 2 is 1.74 bits per heavy atom. The number of halogens is 1. The summed E-state index contributed by atoms with van der Waals surface area (Å²) in [5.41, 5.74) is 2.28. The molecule has 0 spiro atoms. The van der Waals surface area contributed by atoms with E-state index in [4.69, 9.17) is 4.52 Å². The lowest BCUT2D eigenvalue weighted by molar-refractivity contribution is -0.132. The number of carbonyl (C=O) groups excluding carboxylic acids is 1. The van der Waals surface area contributed by atoms with E-state index in [1.807, 2.05) is 36.1 Å². The smallest absolute Gasteiger partial charge is 0.263 e. The molecule has 9 heteroatoms. The molecule has 1 fully saturated rings. The molecule has 35 heavy (non-hydrogen) atoms. The van der Waals surface area contributed by atoms with Crippen molar-refractivity contribution in [1.82, 2.24) is 19.6 Å². The van der Waals surface area contributed by atoms with Crippen molar-refractivity contribution >= 4 is 11.6 Å². The quantitative estimate of drug-likeness (QED) is 0.442. The number of anilines is 1. The fourth-order valence-electron chi connectivity index (χ4n) is 4.13. The Bertz CT molecular complexity index is 1410. The number of nitrogens with zero attached hydrogens (tertiary/aromatic N) is 5. The highest BCUT2D eigenvalue weighted by atomic mass is 19.1. The Morgan fingerprint density at radius 1 is 1.00 bits per heavy atom. The SMILES string of the molecule is Cc1ccc(-c2noc(-c3cccn(CC(=O)N4CCN(c5ccccc5F)CC4)c3=O)n2)cc1. The molecule has 5 rings (SSSR count). The van der Waals surface area contributed by atoms with Crippen molar-refractivity contribution < 1.29 is 13.7 Å². The van der Waals surface area contributed by atoms with Gasteiger partial charge in [0.2, 0.25) is 11.7 Å². The first kappa shape index (κ1) is 22.5. The van der Waals surface area contributed by atoms with Gasteiger partial charge in [-0.3, -0.25) is 9.59 Å². The molecule has 2 aromatic heterocycles. The summed E-state index contributed by atoms with van der Waals surface area (Å²) in [7, 11) is 0. The van der Waals surface area contributed by atoms with Gasteiger partial charge >= 0.3 is 0 Å². The fraction of sp³-hybridized carbons (Fsp3) is 0.231. The lowest BCUT2D eigenvalue weighted by Gasteiger charge is -2.36. The number of aryl methyl sites for hydroxylation is 1. The second kappa shape index (κ2) is 9.54. The standard InChI is InChI=1S/C26H24FN5O3/c1-18-8-10-19(11-9-18)24-28-25(35-29-24)20-5-4-12-32(26(20)34)17-23(33)31-15-13-30(14-16-31)22-7-3-2-6-21(22)27/h2-12H,13-17H2,1H3. The van der Waals surface area contributed by atoms with Gasteiger partial charge in [0.25, 0.3) is 11.4 Å². The molecule has 3 heterocycles. The van der Waals surface area contributed by atoms with E-state index in [9.17, 15) is 14.0 Å². The third-order valence-electron chi connectivity index (χ3n) is 6.12. The van der Waals surface area contributed by atoms with Crippen LogP contribution in [0.5, 0.6) is 0 Å². The minimum absolute atomic E-state index is 0.103. The second-order valence-corrected chi connectivity index (χ2v) is 8.46. The van der Waals surface area contributed by atoms with Crippen molar-refractivity contribution in [2.75, 3.05) is 31.1 Å². The lowest BCUT2D eigenvalue weighted by Crippen LogP contribution is -2.50. The molecule has 1 saturated heterocycles. The molecule has 8 nitrogen and oxygen atoms in total. The summed E-state index contributed by atoms with van der Waals surface area (Å²) in [6.45, 7) is 3.82. The van der Waals surface area contributed by atoms with Crippen molar-refractivity contribution in [3.05, 3.63) is 88.6 Å². The van der Waals surface area contributed by atoms with Crippen LogP contribution in [0.3, 0.4) is 0 Å². The third kappa shape index (κ3) is 4.70. The minimum Gasteiger partial charge on any atom is -0.366 e. The number of hydrogen-bond acceptors (Lipinski definition) is 6. The number of amides is 1. The van der Waals surface area contributed by atoms with E-state index >= 15 is 0 Å². The molecule has 1 amide bonds. The van der Waals surface area contributed by atoms with E-state index in [2.05, 4.69) is 10.1 Å². The Morgan fingerprint density at radius 3 is 2.49 bits per heavy atom. The van der Waals surface area contributed by atoms with Gasteiger partial charge in [-0.25, -0.2) is 4.39 Å². The Labute approximate surface area is 201 Å². The predicted octanol–water partition coefficient (Wildman–Crippen LogP) is 3.36. The fourth-order valence-corrected chi connectivity index (χ4v) is 4.13. The van der Waals surface area contributed by atoms with Crippen LogP contribution in [0.1, 0.15) is 5.56 Å². The van der Waals surface area contributed by atoms with Crippen LogP contribution in [0, 0.1) is 12.7 Å². The molecule has 0 bridgehead atoms. The average Bonchev–Trinajstić information content (AvgIpc) is 3.36. The predicted molar refractivity (Wildman–Crippen MR) is 129 cm³/mol. The Kier molecular flexibility index (Phi) is 6.13. The largest absolute Gasteiger partial charge is 0.366 e. The first-order chi connectivity index (χ1) is 17.0. The lowest BCUT2D eigenvalue weighted by atomic mass is 10.1. The van der Waals surface area contributed by atoms with Gasteiger partial charge < -0.3 is 18.9 Å². The van der Waals surface area contributed by atoms with Crippen LogP contribution in [0.25, 0.3) is 22.8 Å². The Balaban J connectivity index is 1.27. The van der Waals surface area contributed by atoms with Crippen molar-refractivity contribution in [3.8, 4) is 22.8 Å². The molecule has 0 atom stereocenters. The number of benzene rings is 2. The van der Waals surface area contributed by atoms with Crippen LogP contribution in [0.2, 0.25) is 0 Å². The molecule has 4 aromatic rings. The van der Waals surface area contributed by atoms with Crippen LogP contribution < -0.4 is 10.5 Å². The number of para-hydroxylation sites is 1. The van der Waals surface area contributed by atoms with Gasteiger partial charge in [-0.05, 0) is 31.2 Å². The van der Waals surface area contributed by atoms with Gasteiger partial charge in [0.05, 0.1) is 5.69 Å². The zero-order valence-corrected chi connectivity index (χ0v) is 19.2. The topological polar surface area (TPSA) is 84.5 Å². The zero-order chi connectivity index (χ0) is 24.4. The van der Waals surface area contributed by atoms with Gasteiger partial charge in [-0.15, -0.1) is 0 Å². The van der Waals surface area contributed by atoms with E-state index < -0.39 is 0 Å². The van der Waals surface area contributed by atoms with Gasteiger partial charge in [-0.1, -0.05) is 47.1 Å². The first-order valence-electron chi connectivity index (χ1n) is 11.4. The highest BCUT2D eigenvalue weighted by molar-refractivity contribution is 5.76. The van der Waals surface area contributed by atoms with Crippen LogP contribution in [-0.4, -0.2) is 51.7 Å². The highest BCUT2D eigenvalue weighted by Crippen LogP contribution is 2.22. The van der Waals surface area contributed by atoms with E-state index in [1.54, 1.807) is 41.4 Å². The Hall–Kier alpha value is -4.27. The molecule has 0 unspecified atom stereocenters. The van der Waals surface area contributed by atoms with Gasteiger partial charge in [-0.2, -0.15) is 4.98 Å². The van der Waals surface area contributed by atoms with Crippen molar-refractivity contribution in [3.63, 3.8) is 0 Å². The van der Waals surface area contributed by atoms with Crippen molar-refractivity contribution in [1.29, 1.82) is 0 Å². The van der Waals surface area contributed by atoms with Crippen LogP contribution in [-0.2, 0) is 11.3 Å². The maximum absolute atomic E-state index is 14.1. The first-order valence-corrected chi connectivity index (χ1v) is 11.4. The number of pyridine rings is 1. The molecule has 1 aliphatic heterocycles. The summed E-state index contributed by atoms with van der Waals surface area (Å²) >= 11 is 0. The van der Waals surface area contributed by atoms with Gasteiger partial charge in [0.1, 0.15) is 17.9 Å². The van der Waals surface area contributed by atoms with Crippen LogP contribution in [0.15, 0.2) is 76.2 Å². The van der Waals surface area contributed by atoms with E-state index in [0.29, 0.717) is 37.7 Å². The summed E-state index contributed by atoms with van der Waals surface area (Å²) in [6, 6.07) is 17.6. The summed E-state index contributed by atoms with van der Waals surface area (Å²) in [4.78, 5) is 34.0. The molecule has 1 aliphatic rings. The highest BCUT2D eigenvalue weighted by Gasteiger charge is 2.23. The van der Waals surface area contributed by atoms with E-state index in [-0.39, 0.29) is 35.3 Å². The minimum atomic E-state index is -0.384. The molecule has 2 aromatic carbocycles. The monoisotopic (exact) mass is 473 g/mol. The maximum Gasteiger partial charge on any atom is 0.263 e. The molecule has 0 saturated carbocycles. The maximum atomic E-state index is 14.1. The molecular formula is C26H24FN5O3. The summed E-state index contributed by atoms with van der Waals surface area (Å²) in [5, 5.41) is 4.00. The molecule has 178 valence electrons. The van der Waals surface area contributed by atoms with Crippen LogP contribution >= 0.6 is 0 Å². The second-order valence-electron chi connectivity index (χ2n) is 8.46. The normalized spacial score (nSPS) is 13.8. The molecule has 0 radical (unpaired) electrons. The molecule has 0 N–H and O–H groups in total. The van der Waals surface area contributed by atoms with Crippen molar-refractivity contribution in [2.45, 2.75) is 13.5 Å². The number of carbonyl (C=O) groups is 1. The number of piperazine rings is 1. The van der Waals surface area contributed by atoms with E-state index in [0.717, 1.165) is 11.1 Å². The summed E-state index contributed by atoms with van der Waals surface area (Å²) in [5.74, 6) is 0.0370. The number of aromatic nitrogens is 3. The van der Waals surface area contributed by atoms with Crippen molar-refractivity contribution in [2.24, 2.45) is 0 Å².